The highest BCUT2D eigenvalue weighted by atomic mass is 16.2. The van der Waals surface area contributed by atoms with Crippen LogP contribution < -0.4 is 5.32 Å². The highest BCUT2D eigenvalue weighted by molar-refractivity contribution is 5.79. The first-order valence-corrected chi connectivity index (χ1v) is 5.54. The minimum absolute atomic E-state index is 0.349. The molecule has 0 bridgehead atoms. The molecule has 1 N–H and O–H groups in total. The van der Waals surface area contributed by atoms with Crippen molar-refractivity contribution in [3.63, 3.8) is 0 Å². The molecule has 2 heteroatoms. The van der Waals surface area contributed by atoms with Gasteiger partial charge < -0.3 is 5.32 Å². The minimum Gasteiger partial charge on any atom is -0.353 e. The predicted octanol–water partition coefficient (Wildman–Crippen LogP) is 1.56. The van der Waals surface area contributed by atoms with Gasteiger partial charge in [0.2, 0.25) is 5.91 Å². The standard InChI is InChI=1S/C11H17NO/c1-6-2-10(6)12-11(13)9-4-7-3-8(7)5-9/h6-10H,2-5H2,1H3,(H,12,13). The van der Waals surface area contributed by atoms with Crippen molar-refractivity contribution in [2.45, 2.75) is 38.6 Å². The normalized spacial score (nSPS) is 51.3. The van der Waals surface area contributed by atoms with E-state index in [1.165, 1.54) is 25.7 Å². The summed E-state index contributed by atoms with van der Waals surface area (Å²) in [5.74, 6) is 3.30. The molecular formula is C11H17NO. The molecule has 4 unspecified atom stereocenters. The lowest BCUT2D eigenvalue weighted by atomic mass is 10.0. The van der Waals surface area contributed by atoms with Crippen LogP contribution in [-0.4, -0.2) is 11.9 Å². The van der Waals surface area contributed by atoms with Crippen LogP contribution in [0, 0.1) is 23.7 Å². The highest BCUT2D eigenvalue weighted by Gasteiger charge is 2.48. The first kappa shape index (κ1) is 7.84. The van der Waals surface area contributed by atoms with Crippen molar-refractivity contribution in [3.05, 3.63) is 0 Å². The van der Waals surface area contributed by atoms with Gasteiger partial charge in [0.15, 0.2) is 0 Å². The van der Waals surface area contributed by atoms with E-state index in [0.29, 0.717) is 17.9 Å². The molecule has 3 aliphatic rings. The highest BCUT2D eigenvalue weighted by Crippen LogP contribution is 2.54. The maximum absolute atomic E-state index is 11.7. The third-order valence-corrected chi connectivity index (χ3v) is 4.05. The largest absolute Gasteiger partial charge is 0.353 e. The number of hydrogen-bond donors (Lipinski definition) is 1. The SMILES string of the molecule is CC1CC1NC(=O)C1CC2CC2C1. The van der Waals surface area contributed by atoms with E-state index in [2.05, 4.69) is 12.2 Å². The van der Waals surface area contributed by atoms with E-state index in [1.54, 1.807) is 0 Å². The Morgan fingerprint density at radius 1 is 1.15 bits per heavy atom. The van der Waals surface area contributed by atoms with E-state index in [9.17, 15) is 4.79 Å². The molecule has 0 aromatic carbocycles. The summed E-state index contributed by atoms with van der Waals surface area (Å²) in [5.41, 5.74) is 0. The molecule has 0 heterocycles. The molecule has 13 heavy (non-hydrogen) atoms. The number of carbonyl (C=O) groups is 1. The van der Waals surface area contributed by atoms with Crippen LogP contribution in [0.2, 0.25) is 0 Å². The van der Waals surface area contributed by atoms with Gasteiger partial charge in [0, 0.05) is 12.0 Å². The first-order valence-electron chi connectivity index (χ1n) is 5.54. The molecule has 3 aliphatic carbocycles. The van der Waals surface area contributed by atoms with Crippen molar-refractivity contribution < 1.29 is 4.79 Å². The predicted molar refractivity (Wildman–Crippen MR) is 50.0 cm³/mol. The molecule has 72 valence electrons. The molecule has 3 saturated carbocycles. The van der Waals surface area contributed by atoms with Crippen LogP contribution in [-0.2, 0) is 4.79 Å². The summed E-state index contributed by atoms with van der Waals surface area (Å²) in [7, 11) is 0. The monoisotopic (exact) mass is 179 g/mol. The summed E-state index contributed by atoms with van der Waals surface area (Å²) < 4.78 is 0. The smallest absolute Gasteiger partial charge is 0.223 e. The fraction of sp³-hybridized carbons (Fsp3) is 0.909. The van der Waals surface area contributed by atoms with Crippen LogP contribution in [0.25, 0.3) is 0 Å². The Hall–Kier alpha value is -0.530. The van der Waals surface area contributed by atoms with Gasteiger partial charge in [-0.25, -0.2) is 0 Å². The van der Waals surface area contributed by atoms with E-state index in [4.69, 9.17) is 0 Å². The van der Waals surface area contributed by atoms with Gasteiger partial charge in [0.1, 0.15) is 0 Å². The molecule has 4 atom stereocenters. The summed E-state index contributed by atoms with van der Waals surface area (Å²) >= 11 is 0. The summed E-state index contributed by atoms with van der Waals surface area (Å²) in [6.07, 6.45) is 4.96. The zero-order chi connectivity index (χ0) is 9.00. The van der Waals surface area contributed by atoms with Crippen molar-refractivity contribution in [2.24, 2.45) is 23.7 Å². The lowest BCUT2D eigenvalue weighted by Crippen LogP contribution is -2.32. The lowest BCUT2D eigenvalue weighted by molar-refractivity contribution is -0.125. The van der Waals surface area contributed by atoms with Gasteiger partial charge in [-0.05, 0) is 43.4 Å². The van der Waals surface area contributed by atoms with Gasteiger partial charge >= 0.3 is 0 Å². The number of rotatable bonds is 2. The molecule has 3 fully saturated rings. The Morgan fingerprint density at radius 2 is 1.77 bits per heavy atom. The summed E-state index contributed by atoms with van der Waals surface area (Å²) in [6, 6.07) is 0.518. The van der Waals surface area contributed by atoms with Gasteiger partial charge in [-0.1, -0.05) is 6.92 Å². The van der Waals surface area contributed by atoms with Crippen molar-refractivity contribution in [3.8, 4) is 0 Å². The van der Waals surface area contributed by atoms with Crippen LogP contribution in [0.5, 0.6) is 0 Å². The molecular weight excluding hydrogens is 162 g/mol. The molecule has 0 aliphatic heterocycles. The second-order valence-corrected chi connectivity index (χ2v) is 5.25. The third-order valence-electron chi connectivity index (χ3n) is 4.05. The van der Waals surface area contributed by atoms with Crippen LogP contribution in [0.1, 0.15) is 32.6 Å². The molecule has 0 radical (unpaired) electrons. The zero-order valence-electron chi connectivity index (χ0n) is 8.12. The average Bonchev–Trinajstić information content (AvgIpc) is 2.95. The molecule has 2 nitrogen and oxygen atoms in total. The Labute approximate surface area is 79.1 Å². The van der Waals surface area contributed by atoms with Crippen molar-refractivity contribution >= 4 is 5.91 Å². The molecule has 0 aromatic heterocycles. The minimum atomic E-state index is 0.349. The molecule has 0 saturated heterocycles. The number of hydrogen-bond acceptors (Lipinski definition) is 1. The molecule has 1 amide bonds. The van der Waals surface area contributed by atoms with Gasteiger partial charge in [0.05, 0.1) is 0 Å². The van der Waals surface area contributed by atoms with Crippen molar-refractivity contribution in [1.82, 2.24) is 5.32 Å². The van der Waals surface area contributed by atoms with Crippen molar-refractivity contribution in [1.29, 1.82) is 0 Å². The fourth-order valence-electron chi connectivity index (χ4n) is 2.75. The maximum atomic E-state index is 11.7. The molecule has 0 aromatic rings. The van der Waals surface area contributed by atoms with Crippen LogP contribution >= 0.6 is 0 Å². The lowest BCUT2D eigenvalue weighted by Gasteiger charge is -2.11. The summed E-state index contributed by atoms with van der Waals surface area (Å²) in [5, 5.41) is 3.15. The zero-order valence-corrected chi connectivity index (χ0v) is 8.12. The van der Waals surface area contributed by atoms with Crippen LogP contribution in [0.15, 0.2) is 0 Å². The quantitative estimate of drug-likeness (QED) is 0.684. The van der Waals surface area contributed by atoms with Crippen LogP contribution in [0.4, 0.5) is 0 Å². The Kier molecular flexibility index (Phi) is 1.50. The number of nitrogens with one attached hydrogen (secondary N) is 1. The van der Waals surface area contributed by atoms with E-state index in [1.807, 2.05) is 0 Å². The van der Waals surface area contributed by atoms with Crippen LogP contribution in [0.3, 0.4) is 0 Å². The number of amides is 1. The second-order valence-electron chi connectivity index (χ2n) is 5.25. The fourth-order valence-corrected chi connectivity index (χ4v) is 2.75. The second kappa shape index (κ2) is 2.49. The van der Waals surface area contributed by atoms with Gasteiger partial charge in [-0.15, -0.1) is 0 Å². The van der Waals surface area contributed by atoms with Crippen molar-refractivity contribution in [2.75, 3.05) is 0 Å². The van der Waals surface area contributed by atoms with E-state index in [0.717, 1.165) is 17.8 Å². The first-order chi connectivity index (χ1) is 6.24. The van der Waals surface area contributed by atoms with E-state index in [-0.39, 0.29) is 0 Å². The molecule has 0 spiro atoms. The number of fused-ring (bicyclic) bond motifs is 1. The topological polar surface area (TPSA) is 29.1 Å². The maximum Gasteiger partial charge on any atom is 0.223 e. The van der Waals surface area contributed by atoms with Gasteiger partial charge in [-0.2, -0.15) is 0 Å². The van der Waals surface area contributed by atoms with E-state index < -0.39 is 0 Å². The molecule has 3 rings (SSSR count). The third kappa shape index (κ3) is 1.36. The summed E-state index contributed by atoms with van der Waals surface area (Å²) in [4.78, 5) is 11.7. The Bertz CT molecular complexity index is 240. The Balaban J connectivity index is 1.51. The average molecular weight is 179 g/mol. The summed E-state index contributed by atoms with van der Waals surface area (Å²) in [6.45, 7) is 2.21. The Morgan fingerprint density at radius 3 is 2.31 bits per heavy atom. The van der Waals surface area contributed by atoms with Gasteiger partial charge in [-0.3, -0.25) is 4.79 Å². The van der Waals surface area contributed by atoms with E-state index >= 15 is 0 Å². The number of carbonyl (C=O) groups excluding carboxylic acids is 1. The van der Waals surface area contributed by atoms with Gasteiger partial charge in [0.25, 0.3) is 0 Å².